The molecule has 9 heteroatoms. The minimum Gasteiger partial charge on any atom is -0.399 e. The van der Waals surface area contributed by atoms with E-state index in [1.54, 1.807) is 0 Å². The van der Waals surface area contributed by atoms with E-state index in [2.05, 4.69) is 74.4 Å². The van der Waals surface area contributed by atoms with Gasteiger partial charge in [-0.2, -0.15) is 0 Å². The molecule has 5 aliphatic heterocycles. The number of nitrogens with zero attached hydrogens (tertiary/aromatic N) is 3. The van der Waals surface area contributed by atoms with Gasteiger partial charge in [-0.15, -0.1) is 0 Å². The lowest BCUT2D eigenvalue weighted by Gasteiger charge is -2.48. The van der Waals surface area contributed by atoms with Crippen LogP contribution in [0.4, 0.5) is 5.69 Å². The molecule has 5 fully saturated rings. The summed E-state index contributed by atoms with van der Waals surface area (Å²) < 4.78 is 18.3. The summed E-state index contributed by atoms with van der Waals surface area (Å²) in [6.07, 6.45) is 4.65. The van der Waals surface area contributed by atoms with Gasteiger partial charge in [0, 0.05) is 30.4 Å². The third-order valence-corrected chi connectivity index (χ3v) is 11.7. The van der Waals surface area contributed by atoms with Crippen LogP contribution in [0.1, 0.15) is 79.2 Å². The smallest absolute Gasteiger partial charge is 0.399 e. The normalized spacial score (nSPS) is 34.2. The molecule has 4 saturated heterocycles. The van der Waals surface area contributed by atoms with Crippen LogP contribution in [-0.4, -0.2) is 103 Å². The maximum atomic E-state index is 14.6. The molecule has 224 valence electrons. The van der Waals surface area contributed by atoms with Crippen LogP contribution in [0.2, 0.25) is 0 Å². The van der Waals surface area contributed by atoms with E-state index >= 15 is 0 Å². The van der Waals surface area contributed by atoms with Crippen LogP contribution in [-0.2, 0) is 24.3 Å². The highest BCUT2D eigenvalue weighted by atomic mass is 16.7. The Morgan fingerprint density at radius 1 is 0.951 bits per heavy atom. The van der Waals surface area contributed by atoms with E-state index in [4.69, 9.17) is 14.0 Å². The molecule has 1 aromatic rings. The maximum absolute atomic E-state index is 14.6. The van der Waals surface area contributed by atoms with Crippen molar-refractivity contribution in [2.24, 2.45) is 5.41 Å². The van der Waals surface area contributed by atoms with Gasteiger partial charge >= 0.3 is 7.12 Å². The molecule has 41 heavy (non-hydrogen) atoms. The number of benzene rings is 1. The first kappa shape index (κ1) is 28.3. The van der Waals surface area contributed by atoms with Gasteiger partial charge in [-0.3, -0.25) is 14.6 Å². The van der Waals surface area contributed by atoms with Crippen molar-refractivity contribution in [3.8, 4) is 0 Å². The van der Waals surface area contributed by atoms with Gasteiger partial charge in [-0.25, -0.2) is 0 Å². The van der Waals surface area contributed by atoms with E-state index in [1.165, 1.54) is 5.56 Å². The standard InChI is InChI=1S/C32H48BN3O5/c1-29(2)16-24(17-37)35(20-29)22-14-23(15-22)36-27-13-21(33-40-30(3,4)31(5,6)41-33)7-8-26(27)32(28(36)38)9-11-34(12-10-32)25-18-39-19-25/h7-8,13,22-25,37H,9-12,14-20H2,1-6H3/t22?,23?,24-/m1/s1. The van der Waals surface area contributed by atoms with Crippen molar-refractivity contribution in [1.29, 1.82) is 0 Å². The SMILES string of the molecule is CC1(C)C[C@H](CO)N(C2CC(N3C(=O)C4(CCN(C5COC5)CC4)c4ccc(B5OC(C)(C)C(C)(C)O5)cc43)C2)C1. The molecule has 0 bridgehead atoms. The number of aliphatic hydroxyl groups is 1. The lowest BCUT2D eigenvalue weighted by molar-refractivity contribution is -0.128. The van der Waals surface area contributed by atoms with Crippen LogP contribution in [0.15, 0.2) is 18.2 Å². The predicted molar refractivity (Wildman–Crippen MR) is 160 cm³/mol. The van der Waals surface area contributed by atoms with Gasteiger partial charge in [0.05, 0.1) is 42.5 Å². The minimum atomic E-state index is -0.459. The van der Waals surface area contributed by atoms with Crippen LogP contribution in [0, 0.1) is 5.41 Å². The van der Waals surface area contributed by atoms with Gasteiger partial charge in [-0.05, 0) is 95.4 Å². The summed E-state index contributed by atoms with van der Waals surface area (Å²) in [6.45, 7) is 17.6. The summed E-state index contributed by atoms with van der Waals surface area (Å²) >= 11 is 0. The second-order valence-electron chi connectivity index (χ2n) is 15.5. The van der Waals surface area contributed by atoms with Gasteiger partial charge in [0.15, 0.2) is 0 Å². The van der Waals surface area contributed by atoms with Gasteiger partial charge in [0.1, 0.15) is 0 Å². The number of ether oxygens (including phenoxy) is 1. The second-order valence-corrected chi connectivity index (χ2v) is 15.5. The first-order valence-corrected chi connectivity index (χ1v) is 15.9. The number of hydrogen-bond donors (Lipinski definition) is 1. The molecule has 1 atom stereocenters. The predicted octanol–water partition coefficient (Wildman–Crippen LogP) is 2.69. The summed E-state index contributed by atoms with van der Waals surface area (Å²) in [4.78, 5) is 21.8. The van der Waals surface area contributed by atoms with E-state index in [1.807, 2.05) is 0 Å². The lowest BCUT2D eigenvalue weighted by atomic mass is 9.71. The number of carbonyl (C=O) groups excluding carboxylic acids is 1. The van der Waals surface area contributed by atoms with Gasteiger partial charge in [0.2, 0.25) is 5.91 Å². The van der Waals surface area contributed by atoms with Crippen molar-refractivity contribution < 1.29 is 23.9 Å². The Balaban J connectivity index is 1.17. The summed E-state index contributed by atoms with van der Waals surface area (Å²) in [5.74, 6) is 0.284. The Kier molecular flexibility index (Phi) is 6.56. The molecular formula is C32H48BN3O5. The van der Waals surface area contributed by atoms with E-state index < -0.39 is 23.7 Å². The number of fused-ring (bicyclic) bond motifs is 2. The molecule has 7 rings (SSSR count). The molecule has 8 nitrogen and oxygen atoms in total. The molecule has 1 saturated carbocycles. The molecule has 1 amide bonds. The zero-order valence-electron chi connectivity index (χ0n) is 25.8. The number of anilines is 1. The minimum absolute atomic E-state index is 0.181. The van der Waals surface area contributed by atoms with Crippen molar-refractivity contribution in [3.05, 3.63) is 23.8 Å². The van der Waals surface area contributed by atoms with Crippen molar-refractivity contribution in [3.63, 3.8) is 0 Å². The molecular weight excluding hydrogens is 517 g/mol. The molecule has 5 heterocycles. The Hall–Kier alpha value is -1.49. The fourth-order valence-electron chi connectivity index (χ4n) is 8.36. The van der Waals surface area contributed by atoms with Crippen molar-refractivity contribution in [2.75, 3.05) is 44.4 Å². The monoisotopic (exact) mass is 565 g/mol. The Morgan fingerprint density at radius 3 is 2.20 bits per heavy atom. The average molecular weight is 566 g/mol. The average Bonchev–Trinajstić information content (AvgIpc) is 3.37. The molecule has 6 aliphatic rings. The van der Waals surface area contributed by atoms with Crippen molar-refractivity contribution in [2.45, 2.75) is 114 Å². The number of likely N-dealkylation sites (tertiary alicyclic amines) is 2. The topological polar surface area (TPSA) is 74.7 Å². The molecule has 1 aromatic carbocycles. The number of aliphatic hydroxyl groups excluding tert-OH is 1. The number of hydrogen-bond acceptors (Lipinski definition) is 7. The second kappa shape index (κ2) is 9.51. The van der Waals surface area contributed by atoms with E-state index in [0.717, 1.165) is 76.1 Å². The fourth-order valence-corrected chi connectivity index (χ4v) is 8.36. The number of amides is 1. The number of piperidine rings is 1. The third kappa shape index (κ3) is 4.36. The van der Waals surface area contributed by atoms with Crippen LogP contribution >= 0.6 is 0 Å². The highest BCUT2D eigenvalue weighted by Gasteiger charge is 2.58. The van der Waals surface area contributed by atoms with Crippen molar-refractivity contribution >= 4 is 24.2 Å². The van der Waals surface area contributed by atoms with E-state index in [9.17, 15) is 9.90 Å². The zero-order chi connectivity index (χ0) is 28.9. The van der Waals surface area contributed by atoms with Gasteiger partial charge in [-0.1, -0.05) is 26.0 Å². The summed E-state index contributed by atoms with van der Waals surface area (Å²) in [5, 5.41) is 10.1. The molecule has 0 radical (unpaired) electrons. The fraction of sp³-hybridized carbons (Fsp3) is 0.781. The number of carbonyl (C=O) groups is 1. The Morgan fingerprint density at radius 2 is 1.61 bits per heavy atom. The Bertz CT molecular complexity index is 1190. The van der Waals surface area contributed by atoms with E-state index in [0.29, 0.717) is 12.1 Å². The lowest BCUT2D eigenvalue weighted by Crippen LogP contribution is -2.60. The van der Waals surface area contributed by atoms with E-state index in [-0.39, 0.29) is 30.0 Å². The summed E-state index contributed by atoms with van der Waals surface area (Å²) in [7, 11) is -0.453. The van der Waals surface area contributed by atoms with Crippen LogP contribution in [0.25, 0.3) is 0 Å². The number of rotatable bonds is 5. The molecule has 0 unspecified atom stereocenters. The molecule has 0 aromatic heterocycles. The molecule has 1 N–H and O–H groups in total. The summed E-state index contributed by atoms with van der Waals surface area (Å²) in [6, 6.07) is 7.85. The molecule has 1 spiro atoms. The summed E-state index contributed by atoms with van der Waals surface area (Å²) in [5.41, 5.74) is 2.16. The first-order chi connectivity index (χ1) is 19.3. The quantitative estimate of drug-likeness (QED) is 0.551. The third-order valence-electron chi connectivity index (χ3n) is 11.7. The maximum Gasteiger partial charge on any atom is 0.494 e. The van der Waals surface area contributed by atoms with Gasteiger partial charge < -0.3 is 24.1 Å². The van der Waals surface area contributed by atoms with Crippen LogP contribution < -0.4 is 10.4 Å². The highest BCUT2D eigenvalue weighted by molar-refractivity contribution is 6.62. The first-order valence-electron chi connectivity index (χ1n) is 15.9. The zero-order valence-corrected chi connectivity index (χ0v) is 25.8. The largest absolute Gasteiger partial charge is 0.494 e. The van der Waals surface area contributed by atoms with Crippen LogP contribution in [0.5, 0.6) is 0 Å². The van der Waals surface area contributed by atoms with Gasteiger partial charge in [0.25, 0.3) is 0 Å². The molecule has 1 aliphatic carbocycles. The van der Waals surface area contributed by atoms with Crippen LogP contribution in [0.3, 0.4) is 0 Å². The van der Waals surface area contributed by atoms with Crippen molar-refractivity contribution in [1.82, 2.24) is 9.80 Å². The Labute approximate surface area is 245 Å². The highest BCUT2D eigenvalue weighted by Crippen LogP contribution is 2.52.